The van der Waals surface area contributed by atoms with E-state index in [0.717, 1.165) is 16.3 Å². The molecular formula is C26H20Cl2N2O3S. The molecule has 0 spiro atoms. The van der Waals surface area contributed by atoms with Crippen molar-refractivity contribution in [3.63, 3.8) is 0 Å². The normalized spacial score (nSPS) is 10.8. The summed E-state index contributed by atoms with van der Waals surface area (Å²) in [7, 11) is 0. The van der Waals surface area contributed by atoms with Crippen molar-refractivity contribution in [2.24, 2.45) is 0 Å². The van der Waals surface area contributed by atoms with Crippen LogP contribution in [0, 0.1) is 0 Å². The Bertz CT molecular complexity index is 1330. The molecule has 2 N–H and O–H groups in total. The quantitative estimate of drug-likeness (QED) is 0.251. The maximum Gasteiger partial charge on any atom is 0.324 e. The van der Waals surface area contributed by atoms with Crippen LogP contribution in [-0.4, -0.2) is 23.5 Å². The van der Waals surface area contributed by atoms with Crippen LogP contribution in [0.25, 0.3) is 10.8 Å². The van der Waals surface area contributed by atoms with Crippen LogP contribution < -0.4 is 9.62 Å². The summed E-state index contributed by atoms with van der Waals surface area (Å²) in [5.41, 5.74) is 2.27. The first-order valence-electron chi connectivity index (χ1n) is 10.4. The molecule has 0 unspecified atom stereocenters. The first-order chi connectivity index (χ1) is 16.4. The number of rotatable bonds is 8. The first-order valence-corrected chi connectivity index (χ1v) is 11.9. The highest BCUT2D eigenvalue weighted by molar-refractivity contribution is 8.00. The van der Waals surface area contributed by atoms with Crippen molar-refractivity contribution in [2.75, 3.05) is 16.2 Å². The largest absolute Gasteiger partial charge is 0.480 e. The van der Waals surface area contributed by atoms with E-state index in [1.165, 1.54) is 11.9 Å². The second kappa shape index (κ2) is 10.8. The number of carbonyl (C=O) groups excluding carboxylic acids is 1. The second-order valence-electron chi connectivity index (χ2n) is 7.52. The average Bonchev–Trinajstić information content (AvgIpc) is 2.78. The topological polar surface area (TPSA) is 69.6 Å². The highest BCUT2D eigenvalue weighted by Crippen LogP contribution is 2.38. The average molecular weight is 511 g/mol. The minimum Gasteiger partial charge on any atom is -0.480 e. The summed E-state index contributed by atoms with van der Waals surface area (Å²) >= 11 is 13.5. The predicted octanol–water partition coefficient (Wildman–Crippen LogP) is 6.93. The number of nitrogens with one attached hydrogen (secondary N) is 1. The number of amides is 1. The number of halogens is 2. The van der Waals surface area contributed by atoms with Gasteiger partial charge in [-0.15, -0.1) is 0 Å². The molecule has 8 heteroatoms. The van der Waals surface area contributed by atoms with Gasteiger partial charge in [0.15, 0.2) is 0 Å². The fourth-order valence-electron chi connectivity index (χ4n) is 3.59. The van der Waals surface area contributed by atoms with Gasteiger partial charge in [-0.05, 0) is 47.8 Å². The molecule has 0 saturated heterocycles. The van der Waals surface area contributed by atoms with Crippen molar-refractivity contribution in [2.45, 2.75) is 11.3 Å². The van der Waals surface area contributed by atoms with E-state index >= 15 is 0 Å². The molecule has 0 radical (unpaired) electrons. The Kier molecular flexibility index (Phi) is 7.63. The molecule has 4 rings (SSSR count). The summed E-state index contributed by atoms with van der Waals surface area (Å²) in [6.45, 7) is -0.251. The van der Waals surface area contributed by atoms with Crippen molar-refractivity contribution >= 4 is 69.2 Å². The molecule has 5 nitrogen and oxygen atoms in total. The Balaban J connectivity index is 1.67. The summed E-state index contributed by atoms with van der Waals surface area (Å²) in [4.78, 5) is 25.0. The van der Waals surface area contributed by atoms with E-state index in [0.29, 0.717) is 26.3 Å². The molecule has 172 valence electrons. The van der Waals surface area contributed by atoms with E-state index in [-0.39, 0.29) is 18.9 Å². The lowest BCUT2D eigenvalue weighted by Crippen LogP contribution is -2.23. The Hall–Kier alpha value is -3.19. The highest BCUT2D eigenvalue weighted by atomic mass is 35.5. The number of hydrogen-bond acceptors (Lipinski definition) is 4. The molecule has 0 heterocycles. The van der Waals surface area contributed by atoms with E-state index in [2.05, 4.69) is 5.32 Å². The SMILES string of the molecule is O=C(O)CN(Sc1cc(Cl)cc(Cl)c1)c1cccc2c(NC(=O)Cc3ccccc3)cccc12. The van der Waals surface area contributed by atoms with Crippen LogP contribution >= 0.6 is 35.1 Å². The molecule has 0 atom stereocenters. The van der Waals surface area contributed by atoms with Gasteiger partial charge in [0, 0.05) is 31.4 Å². The number of carboxylic acid groups (broad SMARTS) is 1. The van der Waals surface area contributed by atoms with Crippen LogP contribution in [0.5, 0.6) is 0 Å². The van der Waals surface area contributed by atoms with Gasteiger partial charge in [0.1, 0.15) is 6.54 Å². The van der Waals surface area contributed by atoms with E-state index in [9.17, 15) is 14.7 Å². The van der Waals surface area contributed by atoms with Gasteiger partial charge in [0.25, 0.3) is 0 Å². The lowest BCUT2D eigenvalue weighted by Gasteiger charge is -2.24. The van der Waals surface area contributed by atoms with Crippen LogP contribution in [0.3, 0.4) is 0 Å². The summed E-state index contributed by atoms with van der Waals surface area (Å²) in [6.07, 6.45) is 0.257. The second-order valence-corrected chi connectivity index (χ2v) is 9.48. The number of carboxylic acids is 1. The van der Waals surface area contributed by atoms with Gasteiger partial charge in [0.2, 0.25) is 5.91 Å². The molecule has 4 aromatic carbocycles. The molecule has 0 fully saturated rings. The molecule has 0 aliphatic carbocycles. The maximum absolute atomic E-state index is 12.7. The van der Waals surface area contributed by atoms with E-state index < -0.39 is 5.97 Å². The fourth-order valence-corrected chi connectivity index (χ4v) is 5.30. The number of carbonyl (C=O) groups is 2. The van der Waals surface area contributed by atoms with Gasteiger partial charge in [-0.25, -0.2) is 0 Å². The van der Waals surface area contributed by atoms with Crippen molar-refractivity contribution in [1.82, 2.24) is 0 Å². The zero-order valence-corrected chi connectivity index (χ0v) is 20.2. The molecule has 1 amide bonds. The zero-order chi connectivity index (χ0) is 24.1. The summed E-state index contributed by atoms with van der Waals surface area (Å²) in [6, 6.07) is 25.8. The van der Waals surface area contributed by atoms with Gasteiger partial charge < -0.3 is 14.7 Å². The Morgan fingerprint density at radius 2 is 1.53 bits per heavy atom. The monoisotopic (exact) mass is 510 g/mol. The van der Waals surface area contributed by atoms with Crippen LogP contribution in [0.1, 0.15) is 5.56 Å². The van der Waals surface area contributed by atoms with Crippen molar-refractivity contribution in [3.8, 4) is 0 Å². The number of benzene rings is 4. The van der Waals surface area contributed by atoms with Crippen LogP contribution in [0.2, 0.25) is 10.0 Å². The molecule has 0 aliphatic heterocycles. The molecule has 0 saturated carbocycles. The number of aliphatic carboxylic acids is 1. The first kappa shape index (κ1) is 24.0. The summed E-state index contributed by atoms with van der Waals surface area (Å²) in [5.74, 6) is -1.11. The Morgan fingerprint density at radius 3 is 2.24 bits per heavy atom. The van der Waals surface area contributed by atoms with Crippen LogP contribution in [-0.2, 0) is 16.0 Å². The molecular weight excluding hydrogens is 491 g/mol. The number of nitrogens with zero attached hydrogens (tertiary/aromatic N) is 1. The minimum absolute atomic E-state index is 0.130. The van der Waals surface area contributed by atoms with Gasteiger partial charge in [-0.3, -0.25) is 9.59 Å². The molecule has 34 heavy (non-hydrogen) atoms. The van der Waals surface area contributed by atoms with E-state index in [1.807, 2.05) is 66.7 Å². The van der Waals surface area contributed by atoms with Gasteiger partial charge in [-0.1, -0.05) is 77.8 Å². The molecule has 4 aromatic rings. The lowest BCUT2D eigenvalue weighted by molar-refractivity contribution is -0.135. The third-order valence-electron chi connectivity index (χ3n) is 4.98. The number of fused-ring (bicyclic) bond motifs is 1. The fraction of sp³-hybridized carbons (Fsp3) is 0.0769. The van der Waals surface area contributed by atoms with Gasteiger partial charge >= 0.3 is 5.97 Å². The van der Waals surface area contributed by atoms with E-state index in [1.54, 1.807) is 22.5 Å². The molecule has 0 aromatic heterocycles. The van der Waals surface area contributed by atoms with Gasteiger partial charge in [0.05, 0.1) is 12.1 Å². The predicted molar refractivity (Wildman–Crippen MR) is 140 cm³/mol. The molecule has 0 aliphatic rings. The standard InChI is InChI=1S/C26H20Cl2N2O3S/c27-18-13-19(28)15-20(14-18)34-30(16-26(32)33)24-11-5-8-21-22(24)9-4-10-23(21)29-25(31)12-17-6-2-1-3-7-17/h1-11,13-15H,12,16H2,(H,29,31)(H,32,33). The summed E-state index contributed by atoms with van der Waals surface area (Å²) < 4.78 is 1.67. The van der Waals surface area contributed by atoms with E-state index in [4.69, 9.17) is 23.2 Å². The third-order valence-corrected chi connectivity index (χ3v) is 6.41. The van der Waals surface area contributed by atoms with Crippen LogP contribution in [0.15, 0.2) is 89.8 Å². The smallest absolute Gasteiger partial charge is 0.324 e. The third kappa shape index (κ3) is 6.03. The maximum atomic E-state index is 12.7. The number of anilines is 2. The van der Waals surface area contributed by atoms with Crippen molar-refractivity contribution < 1.29 is 14.7 Å². The van der Waals surface area contributed by atoms with Gasteiger partial charge in [-0.2, -0.15) is 0 Å². The Morgan fingerprint density at radius 1 is 0.853 bits per heavy atom. The molecule has 0 bridgehead atoms. The van der Waals surface area contributed by atoms with Crippen molar-refractivity contribution in [1.29, 1.82) is 0 Å². The lowest BCUT2D eigenvalue weighted by atomic mass is 10.1. The Labute approximate surface area is 211 Å². The highest BCUT2D eigenvalue weighted by Gasteiger charge is 2.17. The minimum atomic E-state index is -0.982. The van der Waals surface area contributed by atoms with Crippen LogP contribution in [0.4, 0.5) is 11.4 Å². The zero-order valence-electron chi connectivity index (χ0n) is 17.9. The summed E-state index contributed by atoms with van der Waals surface area (Å²) in [5, 5.41) is 15.1. The number of hydrogen-bond donors (Lipinski definition) is 2. The van der Waals surface area contributed by atoms with Crippen molar-refractivity contribution in [3.05, 3.63) is 101 Å².